The van der Waals surface area contributed by atoms with Gasteiger partial charge in [0, 0.05) is 18.5 Å². The molecule has 2 saturated heterocycles. The highest BCUT2D eigenvalue weighted by atomic mass is 32.1. The van der Waals surface area contributed by atoms with E-state index in [1.54, 1.807) is 0 Å². The number of unbranched alkanes of at least 4 members (excludes halogenated alkanes) is 1. The lowest BCUT2D eigenvalue weighted by atomic mass is 9.83. The molecule has 100 valence electrons. The quantitative estimate of drug-likeness (QED) is 0.838. The first-order chi connectivity index (χ1) is 8.81. The highest BCUT2D eigenvalue weighted by molar-refractivity contribution is 6.99. The van der Waals surface area contributed by atoms with Crippen LogP contribution in [0.25, 0.3) is 0 Å². The third kappa shape index (κ3) is 2.10. The van der Waals surface area contributed by atoms with Crippen LogP contribution in [0.3, 0.4) is 0 Å². The minimum atomic E-state index is 0.660. The molecule has 4 unspecified atom stereocenters. The molecule has 0 radical (unpaired) electrons. The number of nitrogens with zero attached hydrogens (tertiary/aromatic N) is 3. The summed E-state index contributed by atoms with van der Waals surface area (Å²) in [6, 6.07) is 0.754. The van der Waals surface area contributed by atoms with Crippen LogP contribution in [0.4, 0.5) is 0 Å². The van der Waals surface area contributed by atoms with E-state index >= 15 is 0 Å². The SMILES string of the molecule is CCCCc1nsnc1C1CN2CCCC1C2C. The number of aromatic nitrogens is 2. The Labute approximate surface area is 114 Å². The molecule has 0 saturated carbocycles. The first kappa shape index (κ1) is 12.5. The summed E-state index contributed by atoms with van der Waals surface area (Å²) in [4.78, 5) is 2.65. The minimum absolute atomic E-state index is 0.660. The van der Waals surface area contributed by atoms with Crippen LogP contribution in [-0.2, 0) is 6.42 Å². The van der Waals surface area contributed by atoms with Crippen LogP contribution in [-0.4, -0.2) is 32.8 Å². The Kier molecular flexibility index (Phi) is 3.66. The number of hydrogen-bond donors (Lipinski definition) is 0. The van der Waals surface area contributed by atoms with E-state index in [4.69, 9.17) is 0 Å². The molecule has 2 fully saturated rings. The van der Waals surface area contributed by atoms with Crippen molar-refractivity contribution in [1.82, 2.24) is 13.6 Å². The first-order valence-electron chi connectivity index (χ1n) is 7.36. The van der Waals surface area contributed by atoms with E-state index in [1.807, 2.05) is 0 Å². The Balaban J connectivity index is 1.80. The van der Waals surface area contributed by atoms with Crippen LogP contribution in [0.5, 0.6) is 0 Å². The number of aryl methyl sites for hydroxylation is 1. The van der Waals surface area contributed by atoms with Gasteiger partial charge in [0.15, 0.2) is 0 Å². The normalized spacial score (nSPS) is 35.0. The van der Waals surface area contributed by atoms with Gasteiger partial charge >= 0.3 is 0 Å². The molecule has 3 nitrogen and oxygen atoms in total. The molecule has 0 N–H and O–H groups in total. The average molecular weight is 265 g/mol. The van der Waals surface area contributed by atoms with Crippen LogP contribution in [0.15, 0.2) is 0 Å². The maximum atomic E-state index is 4.65. The molecular formula is C14H23N3S. The Morgan fingerprint density at radius 2 is 2.28 bits per heavy atom. The van der Waals surface area contributed by atoms with Crippen molar-refractivity contribution in [1.29, 1.82) is 0 Å². The van der Waals surface area contributed by atoms with Gasteiger partial charge in [0.2, 0.25) is 0 Å². The van der Waals surface area contributed by atoms with Crippen molar-refractivity contribution in [3.63, 3.8) is 0 Å². The molecule has 4 heteroatoms. The third-order valence-corrected chi connectivity index (χ3v) is 5.41. The van der Waals surface area contributed by atoms with Crippen molar-refractivity contribution in [2.45, 2.75) is 57.9 Å². The maximum absolute atomic E-state index is 4.65. The van der Waals surface area contributed by atoms with Crippen LogP contribution in [0.1, 0.15) is 56.8 Å². The molecule has 18 heavy (non-hydrogen) atoms. The van der Waals surface area contributed by atoms with E-state index in [9.17, 15) is 0 Å². The summed E-state index contributed by atoms with van der Waals surface area (Å²) in [5.41, 5.74) is 2.64. The molecule has 2 aliphatic heterocycles. The molecule has 3 rings (SSSR count). The second kappa shape index (κ2) is 5.25. The maximum Gasteiger partial charge on any atom is 0.0822 e. The number of hydrogen-bond acceptors (Lipinski definition) is 4. The van der Waals surface area contributed by atoms with Gasteiger partial charge in [-0.15, -0.1) is 0 Å². The van der Waals surface area contributed by atoms with E-state index < -0.39 is 0 Å². The highest BCUT2D eigenvalue weighted by Gasteiger charge is 2.43. The summed E-state index contributed by atoms with van der Waals surface area (Å²) in [5.74, 6) is 1.48. The van der Waals surface area contributed by atoms with E-state index in [0.717, 1.165) is 18.4 Å². The molecule has 0 amide bonds. The van der Waals surface area contributed by atoms with Crippen LogP contribution >= 0.6 is 11.7 Å². The standard InChI is InChI=1S/C14H23N3S/c1-3-4-7-13-14(16-18-15-13)12-9-17-8-5-6-11(12)10(17)2/h10-12H,3-9H2,1-2H3. The summed E-state index contributed by atoms with van der Waals surface area (Å²) in [5, 5.41) is 0. The summed E-state index contributed by atoms with van der Waals surface area (Å²) < 4.78 is 9.20. The zero-order chi connectivity index (χ0) is 12.5. The fraction of sp³-hybridized carbons (Fsp3) is 0.857. The summed E-state index contributed by atoms with van der Waals surface area (Å²) >= 11 is 1.42. The highest BCUT2D eigenvalue weighted by Crippen LogP contribution is 2.43. The molecule has 4 atom stereocenters. The molecule has 1 aromatic heterocycles. The Morgan fingerprint density at radius 3 is 3.06 bits per heavy atom. The third-order valence-electron chi connectivity index (χ3n) is 4.83. The van der Waals surface area contributed by atoms with Crippen LogP contribution < -0.4 is 0 Å². The molecule has 2 aliphatic rings. The van der Waals surface area contributed by atoms with E-state index in [2.05, 4.69) is 27.5 Å². The van der Waals surface area contributed by atoms with Gasteiger partial charge in [-0.05, 0) is 45.1 Å². The van der Waals surface area contributed by atoms with Crippen LogP contribution in [0, 0.1) is 5.92 Å². The second-order valence-electron chi connectivity index (χ2n) is 5.85. The van der Waals surface area contributed by atoms with Gasteiger partial charge in [-0.25, -0.2) is 0 Å². The molecule has 0 aliphatic carbocycles. The Morgan fingerprint density at radius 1 is 1.39 bits per heavy atom. The fourth-order valence-corrected chi connectivity index (χ4v) is 4.38. The lowest BCUT2D eigenvalue weighted by Gasteiger charge is -2.30. The smallest absolute Gasteiger partial charge is 0.0822 e. The Hall–Kier alpha value is -0.480. The topological polar surface area (TPSA) is 29.0 Å². The van der Waals surface area contributed by atoms with E-state index in [0.29, 0.717) is 5.92 Å². The summed E-state index contributed by atoms with van der Waals surface area (Å²) in [7, 11) is 0. The summed E-state index contributed by atoms with van der Waals surface area (Å²) in [6.07, 6.45) is 6.36. The fourth-order valence-electron chi connectivity index (χ4n) is 3.73. The van der Waals surface area contributed by atoms with Crippen LogP contribution in [0.2, 0.25) is 0 Å². The number of rotatable bonds is 4. The van der Waals surface area contributed by atoms with Gasteiger partial charge in [0.05, 0.1) is 23.1 Å². The van der Waals surface area contributed by atoms with Crippen molar-refractivity contribution >= 4 is 11.7 Å². The van der Waals surface area contributed by atoms with Gasteiger partial charge in [0.25, 0.3) is 0 Å². The average Bonchev–Trinajstić information content (AvgIpc) is 2.87. The van der Waals surface area contributed by atoms with Crippen molar-refractivity contribution < 1.29 is 0 Å². The van der Waals surface area contributed by atoms with Crippen molar-refractivity contribution in [2.24, 2.45) is 5.92 Å². The predicted octanol–water partition coefficient (Wildman–Crippen LogP) is 3.08. The molecule has 3 heterocycles. The number of fused-ring (bicyclic) bond motifs is 2. The zero-order valence-corrected chi connectivity index (χ0v) is 12.2. The summed E-state index contributed by atoms with van der Waals surface area (Å²) in [6.45, 7) is 7.15. The van der Waals surface area contributed by atoms with Crippen molar-refractivity contribution in [3.8, 4) is 0 Å². The Bertz CT molecular complexity index is 403. The van der Waals surface area contributed by atoms with E-state index in [1.165, 1.54) is 61.9 Å². The molecule has 1 aromatic rings. The van der Waals surface area contributed by atoms with Crippen molar-refractivity contribution in [2.75, 3.05) is 13.1 Å². The number of piperidine rings is 1. The van der Waals surface area contributed by atoms with Gasteiger partial charge in [-0.1, -0.05) is 13.3 Å². The molecule has 2 bridgehead atoms. The van der Waals surface area contributed by atoms with E-state index in [-0.39, 0.29) is 0 Å². The van der Waals surface area contributed by atoms with Gasteiger partial charge in [0.1, 0.15) is 0 Å². The molecule has 0 spiro atoms. The molecule has 0 aromatic carbocycles. The lowest BCUT2D eigenvalue weighted by Crippen LogP contribution is -2.34. The van der Waals surface area contributed by atoms with Gasteiger partial charge in [-0.3, -0.25) is 4.90 Å². The van der Waals surface area contributed by atoms with Crippen molar-refractivity contribution in [3.05, 3.63) is 11.4 Å². The van der Waals surface area contributed by atoms with Gasteiger partial charge < -0.3 is 0 Å². The lowest BCUT2D eigenvalue weighted by molar-refractivity contribution is 0.190. The molecular weight excluding hydrogens is 242 g/mol. The largest absolute Gasteiger partial charge is 0.300 e. The van der Waals surface area contributed by atoms with Gasteiger partial charge in [-0.2, -0.15) is 8.75 Å². The monoisotopic (exact) mass is 265 g/mol. The zero-order valence-electron chi connectivity index (χ0n) is 11.4. The minimum Gasteiger partial charge on any atom is -0.300 e. The predicted molar refractivity (Wildman–Crippen MR) is 75.0 cm³/mol. The first-order valence-corrected chi connectivity index (χ1v) is 8.09. The second-order valence-corrected chi connectivity index (χ2v) is 6.38.